The molecule has 0 radical (unpaired) electrons. The number of hydrogen-bond acceptors (Lipinski definition) is 2. The Morgan fingerprint density at radius 3 is 1.34 bits per heavy atom. The zero-order valence-electron chi connectivity index (χ0n) is 41.7. The van der Waals surface area contributed by atoms with Crippen LogP contribution in [0.3, 0.4) is 0 Å². The molecule has 2 aliphatic carbocycles. The van der Waals surface area contributed by atoms with Gasteiger partial charge in [-0.25, -0.2) is 0 Å². The predicted molar refractivity (Wildman–Crippen MR) is 314 cm³/mol. The number of para-hydroxylation sites is 2. The van der Waals surface area contributed by atoms with Crippen LogP contribution in [-0.2, 0) is 10.8 Å². The van der Waals surface area contributed by atoms with E-state index in [1.807, 2.05) is 0 Å². The van der Waals surface area contributed by atoms with E-state index in [0.717, 1.165) is 24.5 Å². The lowest BCUT2D eigenvalue weighted by Crippen LogP contribution is -2.30. The molecule has 10 aromatic carbocycles. The highest BCUT2D eigenvalue weighted by Crippen LogP contribution is 2.60. The first-order valence-corrected chi connectivity index (χ1v) is 26.6. The first-order valence-electron chi connectivity index (χ1n) is 26.6. The van der Waals surface area contributed by atoms with Crippen molar-refractivity contribution < 1.29 is 0 Å². The van der Waals surface area contributed by atoms with Gasteiger partial charge in [-0.15, -0.1) is 0 Å². The molecule has 12 aromatic rings. The first kappa shape index (κ1) is 42.8. The van der Waals surface area contributed by atoms with E-state index < -0.39 is 10.8 Å². The average molecular weight is 971 g/mol. The van der Waals surface area contributed by atoms with Gasteiger partial charge >= 0.3 is 0 Å². The molecule has 2 aromatic heterocycles. The second kappa shape index (κ2) is 16.4. The van der Waals surface area contributed by atoms with Crippen molar-refractivity contribution in [1.82, 2.24) is 19.8 Å². The Morgan fingerprint density at radius 1 is 0.382 bits per heavy atom. The van der Waals surface area contributed by atoms with Crippen LogP contribution in [0.1, 0.15) is 44.5 Å². The zero-order valence-corrected chi connectivity index (χ0v) is 41.7. The predicted octanol–water partition coefficient (Wildman–Crippen LogP) is 16.0. The largest absolute Gasteiger partial charge is 0.387 e. The van der Waals surface area contributed by atoms with Crippen molar-refractivity contribution in [3.63, 3.8) is 0 Å². The van der Waals surface area contributed by atoms with E-state index in [9.17, 15) is 0 Å². The van der Waals surface area contributed by atoms with Gasteiger partial charge in [-0.05, 0) is 145 Å². The highest BCUT2D eigenvalue weighted by Gasteiger charge is 2.50. The second-order valence-corrected chi connectivity index (χ2v) is 20.8. The fourth-order valence-corrected chi connectivity index (χ4v) is 14.1. The van der Waals surface area contributed by atoms with Gasteiger partial charge in [0.15, 0.2) is 0 Å². The monoisotopic (exact) mass is 970 g/mol. The van der Waals surface area contributed by atoms with Crippen molar-refractivity contribution in [1.29, 1.82) is 0 Å². The summed E-state index contributed by atoms with van der Waals surface area (Å²) in [6, 6.07) is 90.6. The molecule has 0 bridgehead atoms. The molecular formula is C72H50N4. The minimum atomic E-state index is -0.475. The van der Waals surface area contributed by atoms with E-state index in [2.05, 4.69) is 287 Å². The molecule has 76 heavy (non-hydrogen) atoms. The number of dihydropyridines is 2. The average Bonchev–Trinajstić information content (AvgIpc) is 4.32. The third-order valence-corrected chi connectivity index (χ3v) is 17.2. The fourth-order valence-electron chi connectivity index (χ4n) is 14.1. The van der Waals surface area contributed by atoms with Gasteiger partial charge < -0.3 is 19.8 Å². The smallest absolute Gasteiger partial charge is 0.0712 e. The molecule has 0 atom stereocenters. The molecule has 4 nitrogen and oxygen atoms in total. The highest BCUT2D eigenvalue weighted by atomic mass is 15.0. The molecular weight excluding hydrogens is 921 g/mol. The quantitative estimate of drug-likeness (QED) is 0.167. The maximum Gasteiger partial charge on any atom is 0.0712 e. The summed E-state index contributed by atoms with van der Waals surface area (Å²) < 4.78 is 4.95. The number of benzene rings is 10. The van der Waals surface area contributed by atoms with Gasteiger partial charge in [0.05, 0.1) is 32.9 Å². The summed E-state index contributed by atoms with van der Waals surface area (Å²) in [6.07, 6.45) is 9.10. The van der Waals surface area contributed by atoms with E-state index in [1.165, 1.54) is 122 Å². The van der Waals surface area contributed by atoms with Crippen LogP contribution in [0, 0.1) is 0 Å². The van der Waals surface area contributed by atoms with Gasteiger partial charge in [0.25, 0.3) is 0 Å². The van der Waals surface area contributed by atoms with E-state index in [-0.39, 0.29) is 0 Å². The third kappa shape index (κ3) is 5.84. The molecule has 0 saturated carbocycles. The van der Waals surface area contributed by atoms with Crippen LogP contribution in [0.2, 0.25) is 0 Å². The van der Waals surface area contributed by atoms with Crippen molar-refractivity contribution in [2.24, 2.45) is 0 Å². The van der Waals surface area contributed by atoms with Gasteiger partial charge in [0.2, 0.25) is 0 Å². The Balaban J connectivity index is 0.823. The molecule has 2 N–H and O–H groups in total. The van der Waals surface area contributed by atoms with Gasteiger partial charge in [-0.1, -0.05) is 188 Å². The molecule has 0 fully saturated rings. The Morgan fingerprint density at radius 2 is 0.829 bits per heavy atom. The van der Waals surface area contributed by atoms with Crippen LogP contribution < -0.4 is 10.6 Å². The first-order chi connectivity index (χ1) is 37.7. The lowest BCUT2D eigenvalue weighted by molar-refractivity contribution is 0.756. The topological polar surface area (TPSA) is 33.9 Å². The molecule has 358 valence electrons. The zero-order chi connectivity index (χ0) is 50.0. The number of nitrogens with one attached hydrogen (secondary N) is 2. The van der Waals surface area contributed by atoms with Crippen LogP contribution in [0.25, 0.3) is 77.3 Å². The minimum Gasteiger partial charge on any atom is -0.387 e. The van der Waals surface area contributed by atoms with E-state index in [4.69, 9.17) is 0 Å². The third-order valence-electron chi connectivity index (χ3n) is 17.2. The molecule has 16 rings (SSSR count). The summed E-state index contributed by atoms with van der Waals surface area (Å²) in [6.45, 7) is 1.58. The summed E-state index contributed by atoms with van der Waals surface area (Å²) in [5.41, 5.74) is 24.1. The van der Waals surface area contributed by atoms with Crippen LogP contribution in [0.5, 0.6) is 0 Å². The summed E-state index contributed by atoms with van der Waals surface area (Å²) >= 11 is 0. The van der Waals surface area contributed by atoms with E-state index >= 15 is 0 Å². The number of hydrogen-bond donors (Lipinski definition) is 2. The molecule has 4 heterocycles. The Kier molecular flexibility index (Phi) is 9.26. The van der Waals surface area contributed by atoms with Crippen molar-refractivity contribution in [3.05, 3.63) is 323 Å². The van der Waals surface area contributed by atoms with E-state index in [0.29, 0.717) is 0 Å². The van der Waals surface area contributed by atoms with Crippen LogP contribution in [-0.4, -0.2) is 22.2 Å². The molecule has 4 heteroatoms. The highest BCUT2D eigenvalue weighted by molar-refractivity contribution is 6.13. The Labute approximate surface area is 441 Å². The molecule has 0 unspecified atom stereocenters. The molecule has 4 aliphatic rings. The Bertz CT molecular complexity index is 4380. The second-order valence-electron chi connectivity index (χ2n) is 20.8. The van der Waals surface area contributed by atoms with Crippen LogP contribution in [0.15, 0.2) is 278 Å². The summed E-state index contributed by atoms with van der Waals surface area (Å²) in [4.78, 5) is 0. The molecule has 2 aliphatic heterocycles. The fraction of sp³-hybridized carbons (Fsp3) is 0.0556. The van der Waals surface area contributed by atoms with Gasteiger partial charge in [-0.3, -0.25) is 0 Å². The lowest BCUT2D eigenvalue weighted by Gasteiger charge is -2.35. The van der Waals surface area contributed by atoms with Crippen molar-refractivity contribution >= 4 is 54.8 Å². The van der Waals surface area contributed by atoms with E-state index in [1.54, 1.807) is 0 Å². The van der Waals surface area contributed by atoms with Gasteiger partial charge in [0, 0.05) is 57.8 Å². The van der Waals surface area contributed by atoms with Gasteiger partial charge in [0.1, 0.15) is 0 Å². The maximum absolute atomic E-state index is 3.58. The van der Waals surface area contributed by atoms with Crippen molar-refractivity contribution in [3.8, 4) is 22.5 Å². The SMILES string of the molecule is C1=CC2=C(CN1)c1cc3c4ccccc4n(-c4ccc(-c5ccc(-n6c7ccccc7c7cc8c(cc76)C(c6ccccc6)(c6ccccc6)C6=CCNC=C68)cc5)cc4)c3cc1C2(c1ccccc1)c1ccccc1. The van der Waals surface area contributed by atoms with Crippen LogP contribution >= 0.6 is 0 Å². The summed E-state index contributed by atoms with van der Waals surface area (Å²) in [5, 5.41) is 12.2. The number of rotatable bonds is 7. The number of aromatic nitrogens is 2. The van der Waals surface area contributed by atoms with Gasteiger partial charge in [-0.2, -0.15) is 0 Å². The standard InChI is InChI=1S/C72H50N4/c1-5-17-49(18-6-1)71(50-19-7-2-8-20-50)63-37-39-73-45-61(63)57-41-59-55-25-13-15-27-67(55)75(69(59)43-65(57)71)53-33-29-47(30-34-53)48-31-35-54(36-32-48)76-68-28-16-14-26-56(68)60-42-58-62-46-74-40-38-64(62)72(66(58)44-70(60)76,51-21-9-3-10-22-51)52-23-11-4-12-24-52/h1-39,41-44,46,73-74H,40,45H2. The Hall–Kier alpha value is -9.64. The number of nitrogens with zero attached hydrogens (tertiary/aromatic N) is 2. The number of allylic oxidation sites excluding steroid dienone is 4. The molecule has 0 amide bonds. The molecule has 0 saturated heterocycles. The van der Waals surface area contributed by atoms with Crippen LogP contribution in [0.4, 0.5) is 0 Å². The minimum absolute atomic E-state index is 0.475. The van der Waals surface area contributed by atoms with Crippen molar-refractivity contribution in [2.45, 2.75) is 10.8 Å². The maximum atomic E-state index is 3.58. The lowest BCUT2D eigenvalue weighted by atomic mass is 9.66. The molecule has 0 spiro atoms. The number of fused-ring (bicyclic) bond motifs is 11. The summed E-state index contributed by atoms with van der Waals surface area (Å²) in [7, 11) is 0. The normalized spacial score (nSPS) is 15.7. The van der Waals surface area contributed by atoms with Crippen molar-refractivity contribution in [2.75, 3.05) is 13.1 Å². The summed E-state index contributed by atoms with van der Waals surface area (Å²) in [5.74, 6) is 0.